The average molecular weight is 262 g/mol. The van der Waals surface area contributed by atoms with Crippen molar-refractivity contribution in [1.29, 1.82) is 0 Å². The molecule has 0 aliphatic carbocycles. The minimum atomic E-state index is 0.0943. The second-order valence-corrected chi connectivity index (χ2v) is 5.09. The Hall–Kier alpha value is -1.35. The Bertz CT molecular complexity index is 405. The zero-order valence-corrected chi connectivity index (χ0v) is 12.8. The number of hydrogen-bond acceptors (Lipinski definition) is 2. The lowest BCUT2D eigenvalue weighted by molar-refractivity contribution is -0.117. The van der Waals surface area contributed by atoms with Gasteiger partial charge in [0.1, 0.15) is 0 Å². The molecule has 106 valence electrons. The van der Waals surface area contributed by atoms with Crippen LogP contribution in [0.3, 0.4) is 0 Å². The fraction of sp³-hybridized carbons (Fsp3) is 0.562. The molecular formula is C16H26N2O. The molecule has 0 aromatic heterocycles. The summed E-state index contributed by atoms with van der Waals surface area (Å²) in [5.74, 6) is 0.0943. The van der Waals surface area contributed by atoms with E-state index in [1.54, 1.807) is 0 Å². The maximum Gasteiger partial charge on any atom is 0.225 e. The van der Waals surface area contributed by atoms with E-state index in [2.05, 4.69) is 31.0 Å². The van der Waals surface area contributed by atoms with Crippen LogP contribution in [0.5, 0.6) is 0 Å². The van der Waals surface area contributed by atoms with E-state index in [1.165, 1.54) is 0 Å². The first-order chi connectivity index (χ1) is 8.99. The van der Waals surface area contributed by atoms with Gasteiger partial charge in [0.2, 0.25) is 5.91 Å². The van der Waals surface area contributed by atoms with Crippen molar-refractivity contribution in [1.82, 2.24) is 4.90 Å². The van der Waals surface area contributed by atoms with E-state index in [9.17, 15) is 4.79 Å². The largest absolute Gasteiger partial charge is 0.326 e. The number of para-hydroxylation sites is 1. The van der Waals surface area contributed by atoms with Gasteiger partial charge in [0.05, 0.1) is 0 Å². The van der Waals surface area contributed by atoms with Crippen LogP contribution in [0.1, 0.15) is 38.3 Å². The minimum Gasteiger partial charge on any atom is -0.326 e. The van der Waals surface area contributed by atoms with E-state index in [-0.39, 0.29) is 11.9 Å². The van der Waals surface area contributed by atoms with E-state index in [4.69, 9.17) is 0 Å². The molecule has 0 aliphatic heterocycles. The van der Waals surface area contributed by atoms with Crippen molar-refractivity contribution < 1.29 is 4.79 Å². The lowest BCUT2D eigenvalue weighted by atomic mass is 10.1. The number of rotatable bonds is 6. The van der Waals surface area contributed by atoms with Crippen LogP contribution in [-0.4, -0.2) is 29.9 Å². The Morgan fingerprint density at radius 2 is 1.74 bits per heavy atom. The Kier molecular flexibility index (Phi) is 6.03. The number of nitrogens with zero attached hydrogens (tertiary/aromatic N) is 1. The van der Waals surface area contributed by atoms with Crippen LogP contribution in [0.15, 0.2) is 18.2 Å². The standard InChI is InChI=1S/C16H26N2O/c1-6-18(7-2)14(5)11-15(19)17-16-12(3)9-8-10-13(16)4/h8-10,14H,6-7,11H2,1-5H3,(H,17,19). The van der Waals surface area contributed by atoms with Gasteiger partial charge in [-0.25, -0.2) is 0 Å². The molecule has 1 amide bonds. The van der Waals surface area contributed by atoms with Gasteiger partial charge in [0, 0.05) is 18.2 Å². The Labute approximate surface area is 117 Å². The molecule has 1 aromatic carbocycles. The number of amides is 1. The molecule has 0 spiro atoms. The summed E-state index contributed by atoms with van der Waals surface area (Å²) in [5.41, 5.74) is 3.19. The molecule has 3 nitrogen and oxygen atoms in total. The van der Waals surface area contributed by atoms with Gasteiger partial charge >= 0.3 is 0 Å². The Morgan fingerprint density at radius 3 is 2.21 bits per heavy atom. The zero-order chi connectivity index (χ0) is 14.4. The van der Waals surface area contributed by atoms with Gasteiger partial charge in [-0.2, -0.15) is 0 Å². The first kappa shape index (κ1) is 15.7. The molecule has 0 fully saturated rings. The van der Waals surface area contributed by atoms with Crippen LogP contribution in [-0.2, 0) is 4.79 Å². The third kappa shape index (κ3) is 4.35. The van der Waals surface area contributed by atoms with Gasteiger partial charge in [-0.15, -0.1) is 0 Å². The molecular weight excluding hydrogens is 236 g/mol. The second-order valence-electron chi connectivity index (χ2n) is 5.09. The molecule has 0 radical (unpaired) electrons. The molecule has 0 saturated heterocycles. The molecule has 1 unspecified atom stereocenters. The summed E-state index contributed by atoms with van der Waals surface area (Å²) >= 11 is 0. The third-order valence-electron chi connectivity index (χ3n) is 3.66. The van der Waals surface area contributed by atoms with Crippen LogP contribution in [0.25, 0.3) is 0 Å². The zero-order valence-electron chi connectivity index (χ0n) is 12.8. The Morgan fingerprint density at radius 1 is 1.21 bits per heavy atom. The highest BCUT2D eigenvalue weighted by atomic mass is 16.1. The monoisotopic (exact) mass is 262 g/mol. The molecule has 1 rings (SSSR count). The van der Waals surface area contributed by atoms with Crippen molar-refractivity contribution >= 4 is 11.6 Å². The molecule has 1 aromatic rings. The SMILES string of the molecule is CCN(CC)C(C)CC(=O)Nc1c(C)cccc1C. The average Bonchev–Trinajstić information content (AvgIpc) is 2.35. The van der Waals surface area contributed by atoms with E-state index in [0.717, 1.165) is 29.9 Å². The van der Waals surface area contributed by atoms with Crippen molar-refractivity contribution in [3.05, 3.63) is 29.3 Å². The highest BCUT2D eigenvalue weighted by Crippen LogP contribution is 2.20. The fourth-order valence-corrected chi connectivity index (χ4v) is 2.45. The van der Waals surface area contributed by atoms with E-state index in [1.807, 2.05) is 32.0 Å². The van der Waals surface area contributed by atoms with Crippen LogP contribution in [0.4, 0.5) is 5.69 Å². The quantitative estimate of drug-likeness (QED) is 0.852. The van der Waals surface area contributed by atoms with Crippen molar-refractivity contribution in [2.45, 2.75) is 47.1 Å². The van der Waals surface area contributed by atoms with Crippen molar-refractivity contribution in [2.75, 3.05) is 18.4 Å². The van der Waals surface area contributed by atoms with Crippen LogP contribution in [0.2, 0.25) is 0 Å². The predicted molar refractivity (Wildman–Crippen MR) is 81.5 cm³/mol. The number of anilines is 1. The number of aryl methyl sites for hydroxylation is 2. The van der Waals surface area contributed by atoms with Gasteiger partial charge in [-0.3, -0.25) is 4.79 Å². The number of carbonyl (C=O) groups excluding carboxylic acids is 1. The van der Waals surface area contributed by atoms with Gasteiger partial charge in [0.15, 0.2) is 0 Å². The number of nitrogens with one attached hydrogen (secondary N) is 1. The van der Waals surface area contributed by atoms with Gasteiger partial charge in [0.25, 0.3) is 0 Å². The summed E-state index contributed by atoms with van der Waals surface area (Å²) in [6.45, 7) is 12.4. The summed E-state index contributed by atoms with van der Waals surface area (Å²) in [4.78, 5) is 14.4. The highest BCUT2D eigenvalue weighted by Gasteiger charge is 2.15. The fourth-order valence-electron chi connectivity index (χ4n) is 2.45. The molecule has 1 atom stereocenters. The molecule has 19 heavy (non-hydrogen) atoms. The van der Waals surface area contributed by atoms with Crippen LogP contribution in [0, 0.1) is 13.8 Å². The van der Waals surface area contributed by atoms with E-state index < -0.39 is 0 Å². The van der Waals surface area contributed by atoms with Gasteiger partial charge < -0.3 is 10.2 Å². The summed E-state index contributed by atoms with van der Waals surface area (Å²) in [7, 11) is 0. The summed E-state index contributed by atoms with van der Waals surface area (Å²) in [5, 5.41) is 3.05. The minimum absolute atomic E-state index is 0.0943. The number of carbonyl (C=O) groups is 1. The molecule has 3 heteroatoms. The Balaban J connectivity index is 2.65. The first-order valence-corrected chi connectivity index (χ1v) is 7.09. The lowest BCUT2D eigenvalue weighted by Gasteiger charge is -2.26. The summed E-state index contributed by atoms with van der Waals surface area (Å²) < 4.78 is 0. The molecule has 0 bridgehead atoms. The first-order valence-electron chi connectivity index (χ1n) is 7.09. The smallest absolute Gasteiger partial charge is 0.225 e. The topological polar surface area (TPSA) is 32.3 Å². The predicted octanol–water partition coefficient (Wildman–Crippen LogP) is 3.36. The summed E-state index contributed by atoms with van der Waals surface area (Å²) in [6, 6.07) is 6.34. The number of benzene rings is 1. The normalized spacial score (nSPS) is 12.5. The van der Waals surface area contributed by atoms with E-state index in [0.29, 0.717) is 6.42 Å². The second kappa shape index (κ2) is 7.29. The molecule has 0 heterocycles. The van der Waals surface area contributed by atoms with Crippen LogP contribution < -0.4 is 5.32 Å². The van der Waals surface area contributed by atoms with Crippen molar-refractivity contribution in [2.24, 2.45) is 0 Å². The van der Waals surface area contributed by atoms with E-state index >= 15 is 0 Å². The highest BCUT2D eigenvalue weighted by molar-refractivity contribution is 5.92. The van der Waals surface area contributed by atoms with Crippen LogP contribution >= 0.6 is 0 Å². The maximum absolute atomic E-state index is 12.1. The maximum atomic E-state index is 12.1. The molecule has 1 N–H and O–H groups in total. The van der Waals surface area contributed by atoms with Gasteiger partial charge in [-0.05, 0) is 45.0 Å². The third-order valence-corrected chi connectivity index (χ3v) is 3.66. The molecule has 0 aliphatic rings. The number of hydrogen-bond donors (Lipinski definition) is 1. The summed E-state index contributed by atoms with van der Waals surface area (Å²) in [6.07, 6.45) is 0.537. The lowest BCUT2D eigenvalue weighted by Crippen LogP contribution is -2.35. The molecule has 0 saturated carbocycles. The van der Waals surface area contributed by atoms with Gasteiger partial charge in [-0.1, -0.05) is 32.0 Å². The van der Waals surface area contributed by atoms with Crippen molar-refractivity contribution in [3.8, 4) is 0 Å². The van der Waals surface area contributed by atoms with Crippen molar-refractivity contribution in [3.63, 3.8) is 0 Å².